The summed E-state index contributed by atoms with van der Waals surface area (Å²) in [5, 5.41) is 12.6. The minimum Gasteiger partial charge on any atom is -0.356 e. The third-order valence-electron chi connectivity index (χ3n) is 4.39. The Balaban J connectivity index is 1.34. The molecular weight excluding hydrogens is 376 g/mol. The van der Waals surface area contributed by atoms with Gasteiger partial charge in [0.15, 0.2) is 11.1 Å². The average Bonchev–Trinajstić information content (AvgIpc) is 3.34. The van der Waals surface area contributed by atoms with E-state index in [0.717, 1.165) is 72.0 Å². The average molecular weight is 399 g/mol. The van der Waals surface area contributed by atoms with Gasteiger partial charge in [0.05, 0.1) is 5.01 Å². The first kappa shape index (κ1) is 18.1. The summed E-state index contributed by atoms with van der Waals surface area (Å²) < 4.78 is 0. The number of nitrogens with zero attached hydrogens (tertiary/aromatic N) is 4. The number of aryl methyl sites for hydroxylation is 3. The van der Waals surface area contributed by atoms with Crippen molar-refractivity contribution in [1.82, 2.24) is 20.3 Å². The molecule has 6 nitrogen and oxygen atoms in total. The van der Waals surface area contributed by atoms with Crippen molar-refractivity contribution >= 4 is 33.8 Å². The van der Waals surface area contributed by atoms with Crippen molar-refractivity contribution in [3.63, 3.8) is 0 Å². The minimum absolute atomic E-state index is 0.812. The van der Waals surface area contributed by atoms with Crippen molar-refractivity contribution in [3.8, 4) is 11.4 Å². The number of thiazole rings is 2. The largest absolute Gasteiger partial charge is 0.356 e. The first-order valence-electron chi connectivity index (χ1n) is 9.14. The molecule has 0 saturated carbocycles. The predicted molar refractivity (Wildman–Crippen MR) is 113 cm³/mol. The van der Waals surface area contributed by atoms with Gasteiger partial charge in [0, 0.05) is 35.7 Å². The smallest absolute Gasteiger partial charge is 0.197 e. The van der Waals surface area contributed by atoms with Crippen molar-refractivity contribution < 1.29 is 0 Å². The zero-order valence-electron chi connectivity index (χ0n) is 15.2. The monoisotopic (exact) mass is 398 g/mol. The molecule has 0 atom stereocenters. The quantitative estimate of drug-likeness (QED) is 0.658. The first-order valence-corrected chi connectivity index (χ1v) is 10.9. The van der Waals surface area contributed by atoms with Crippen molar-refractivity contribution in [2.75, 3.05) is 18.4 Å². The van der Waals surface area contributed by atoms with E-state index in [1.54, 1.807) is 22.7 Å². The van der Waals surface area contributed by atoms with Gasteiger partial charge in [-0.2, -0.15) is 0 Å². The highest BCUT2D eigenvalue weighted by molar-refractivity contribution is 7.14. The number of anilines is 1. The zero-order chi connectivity index (χ0) is 18.5. The zero-order valence-corrected chi connectivity index (χ0v) is 16.9. The van der Waals surface area contributed by atoms with Gasteiger partial charge in [-0.1, -0.05) is 6.07 Å². The van der Waals surface area contributed by atoms with Crippen LogP contribution in [0.2, 0.25) is 0 Å². The topological polar surface area (TPSA) is 75.1 Å². The van der Waals surface area contributed by atoms with Crippen LogP contribution in [0.25, 0.3) is 11.4 Å². The second-order valence-corrected chi connectivity index (χ2v) is 8.20. The number of pyridine rings is 1. The summed E-state index contributed by atoms with van der Waals surface area (Å²) in [5.74, 6) is 0.812. The Hall–Kier alpha value is -2.32. The predicted octanol–water partition coefficient (Wildman–Crippen LogP) is 3.91. The van der Waals surface area contributed by atoms with E-state index in [2.05, 4.69) is 44.0 Å². The fraction of sp³-hybridized carbons (Fsp3) is 0.368. The van der Waals surface area contributed by atoms with Crippen molar-refractivity contribution in [3.05, 3.63) is 45.4 Å². The summed E-state index contributed by atoms with van der Waals surface area (Å²) in [7, 11) is 0. The molecule has 0 bridgehead atoms. The van der Waals surface area contributed by atoms with Crippen LogP contribution in [0.5, 0.6) is 0 Å². The molecule has 0 unspecified atom stereocenters. The summed E-state index contributed by atoms with van der Waals surface area (Å²) in [6.45, 7) is 3.89. The Kier molecular flexibility index (Phi) is 5.74. The third-order valence-corrected chi connectivity index (χ3v) is 6.06. The molecule has 0 aliphatic carbocycles. The Bertz CT molecular complexity index is 930. The highest BCUT2D eigenvalue weighted by atomic mass is 32.1. The SMILES string of the molecule is Cc1ncccc1CCCc1nc(-c2csc(NC3=NCCCN3)n2)cs1. The maximum Gasteiger partial charge on any atom is 0.197 e. The van der Waals surface area contributed by atoms with Gasteiger partial charge in [0.2, 0.25) is 0 Å². The lowest BCUT2D eigenvalue weighted by Crippen LogP contribution is -2.35. The van der Waals surface area contributed by atoms with Gasteiger partial charge in [0.1, 0.15) is 11.4 Å². The molecular formula is C19H22N6S2. The van der Waals surface area contributed by atoms with Gasteiger partial charge >= 0.3 is 0 Å². The number of nitrogens with one attached hydrogen (secondary N) is 2. The first-order chi connectivity index (χ1) is 13.3. The van der Waals surface area contributed by atoms with Crippen LogP contribution in [-0.4, -0.2) is 34.0 Å². The maximum absolute atomic E-state index is 4.77. The van der Waals surface area contributed by atoms with Gasteiger partial charge < -0.3 is 10.6 Å². The van der Waals surface area contributed by atoms with Crippen molar-refractivity contribution in [2.24, 2.45) is 4.99 Å². The molecule has 0 spiro atoms. The molecule has 0 amide bonds. The molecule has 1 aliphatic heterocycles. The summed E-state index contributed by atoms with van der Waals surface area (Å²) in [4.78, 5) is 18.2. The molecule has 0 radical (unpaired) electrons. The molecule has 4 rings (SSSR count). The van der Waals surface area contributed by atoms with Crippen LogP contribution < -0.4 is 10.6 Å². The van der Waals surface area contributed by atoms with E-state index >= 15 is 0 Å². The number of aliphatic imine (C=N–C) groups is 1. The van der Waals surface area contributed by atoms with E-state index in [1.165, 1.54) is 5.56 Å². The number of rotatable bonds is 6. The molecule has 3 aromatic rings. The molecule has 8 heteroatoms. The fourth-order valence-electron chi connectivity index (χ4n) is 2.92. The Morgan fingerprint density at radius 3 is 2.89 bits per heavy atom. The summed E-state index contributed by atoms with van der Waals surface area (Å²) in [6, 6.07) is 4.16. The lowest BCUT2D eigenvalue weighted by molar-refractivity contribution is 0.740. The van der Waals surface area contributed by atoms with Crippen LogP contribution in [0, 0.1) is 6.92 Å². The van der Waals surface area contributed by atoms with Gasteiger partial charge in [-0.25, -0.2) is 9.97 Å². The highest BCUT2D eigenvalue weighted by Gasteiger charge is 2.11. The normalized spacial score (nSPS) is 13.9. The van der Waals surface area contributed by atoms with Crippen LogP contribution >= 0.6 is 22.7 Å². The van der Waals surface area contributed by atoms with Crippen molar-refractivity contribution in [1.29, 1.82) is 0 Å². The van der Waals surface area contributed by atoms with E-state index in [9.17, 15) is 0 Å². The number of hydrogen-bond donors (Lipinski definition) is 2. The van der Waals surface area contributed by atoms with Crippen LogP contribution in [0.15, 0.2) is 34.1 Å². The Morgan fingerprint density at radius 1 is 1.15 bits per heavy atom. The van der Waals surface area contributed by atoms with Crippen LogP contribution in [0.4, 0.5) is 5.13 Å². The number of hydrogen-bond acceptors (Lipinski definition) is 8. The van der Waals surface area contributed by atoms with E-state index < -0.39 is 0 Å². The molecule has 0 saturated heterocycles. The Morgan fingerprint density at radius 2 is 2.04 bits per heavy atom. The number of aromatic nitrogens is 3. The van der Waals surface area contributed by atoms with Gasteiger partial charge in [-0.15, -0.1) is 22.7 Å². The van der Waals surface area contributed by atoms with E-state index in [1.807, 2.05) is 17.6 Å². The maximum atomic E-state index is 4.77. The molecule has 2 N–H and O–H groups in total. The van der Waals surface area contributed by atoms with Gasteiger partial charge in [-0.3, -0.25) is 9.98 Å². The van der Waals surface area contributed by atoms with E-state index in [0.29, 0.717) is 0 Å². The van der Waals surface area contributed by atoms with Crippen LogP contribution in [-0.2, 0) is 12.8 Å². The van der Waals surface area contributed by atoms with E-state index in [-0.39, 0.29) is 0 Å². The molecule has 140 valence electrons. The fourth-order valence-corrected chi connectivity index (χ4v) is 4.46. The lowest BCUT2D eigenvalue weighted by atomic mass is 10.1. The van der Waals surface area contributed by atoms with Gasteiger partial charge in [0.25, 0.3) is 0 Å². The summed E-state index contributed by atoms with van der Waals surface area (Å²) in [5.41, 5.74) is 4.32. The van der Waals surface area contributed by atoms with Crippen LogP contribution in [0.1, 0.15) is 29.1 Å². The molecule has 1 aliphatic rings. The molecule has 4 heterocycles. The molecule has 3 aromatic heterocycles. The van der Waals surface area contributed by atoms with Gasteiger partial charge in [-0.05, 0) is 44.2 Å². The summed E-state index contributed by atoms with van der Waals surface area (Å²) >= 11 is 3.29. The number of guanidine groups is 1. The molecule has 0 fully saturated rings. The lowest BCUT2D eigenvalue weighted by Gasteiger charge is -2.13. The Labute approximate surface area is 166 Å². The highest BCUT2D eigenvalue weighted by Crippen LogP contribution is 2.27. The molecule has 27 heavy (non-hydrogen) atoms. The standard InChI is InChI=1S/C19H22N6S2/c1-13-14(6-3-8-20-13)5-2-7-17-23-15(11-26-17)16-12-27-19(24-16)25-18-21-9-4-10-22-18/h3,6,8,11-12H,2,4-5,7,9-10H2,1H3,(H2,21,22,24,25). The second-order valence-electron chi connectivity index (χ2n) is 6.40. The van der Waals surface area contributed by atoms with E-state index in [4.69, 9.17) is 4.98 Å². The summed E-state index contributed by atoms with van der Waals surface area (Å²) in [6.07, 6.45) is 6.02. The van der Waals surface area contributed by atoms with Crippen molar-refractivity contribution in [2.45, 2.75) is 32.6 Å². The third kappa shape index (κ3) is 4.70. The second kappa shape index (κ2) is 8.58. The molecule has 0 aromatic carbocycles. The minimum atomic E-state index is 0.812. The van der Waals surface area contributed by atoms with Crippen LogP contribution in [0.3, 0.4) is 0 Å².